The fraction of sp³-hybridized carbons (Fsp3) is 0.0571. The van der Waals surface area contributed by atoms with E-state index in [0.29, 0.717) is 11.2 Å². The predicted octanol–water partition coefficient (Wildman–Crippen LogP) is 9.55. The lowest BCUT2D eigenvalue weighted by atomic mass is 9.83. The fourth-order valence-corrected chi connectivity index (χ4v) is 9.28. The molecular formula is C35H22N2S2. The second-order valence-electron chi connectivity index (χ2n) is 10.3. The molecule has 4 heteroatoms. The number of para-hydroxylation sites is 1. The Hall–Kier alpha value is -4.12. The molecule has 0 N–H and O–H groups in total. The maximum Gasteiger partial charge on any atom is 0.195 e. The first-order valence-electron chi connectivity index (χ1n) is 13.3. The minimum atomic E-state index is 0.307. The van der Waals surface area contributed by atoms with Crippen molar-refractivity contribution in [3.63, 3.8) is 0 Å². The van der Waals surface area contributed by atoms with Crippen LogP contribution in [0, 0.1) is 0 Å². The van der Waals surface area contributed by atoms with Crippen LogP contribution in [0.3, 0.4) is 0 Å². The second kappa shape index (κ2) is 8.19. The van der Waals surface area contributed by atoms with Crippen LogP contribution in [-0.4, -0.2) is 14.8 Å². The van der Waals surface area contributed by atoms with Crippen molar-refractivity contribution in [2.75, 3.05) is 0 Å². The predicted molar refractivity (Wildman–Crippen MR) is 166 cm³/mol. The van der Waals surface area contributed by atoms with E-state index in [-0.39, 0.29) is 0 Å². The summed E-state index contributed by atoms with van der Waals surface area (Å²) in [6, 6.07) is 41.9. The molecule has 2 aromatic heterocycles. The molecule has 5 aromatic carbocycles. The molecule has 0 fully saturated rings. The number of thioether (sulfide) groups is 1. The smallest absolute Gasteiger partial charge is 0.195 e. The van der Waals surface area contributed by atoms with Gasteiger partial charge in [0.2, 0.25) is 0 Å². The molecule has 9 rings (SSSR count). The van der Waals surface area contributed by atoms with Crippen molar-refractivity contribution < 1.29 is 0 Å². The van der Waals surface area contributed by atoms with Crippen molar-refractivity contribution in [2.24, 2.45) is 0 Å². The quantitative estimate of drug-likeness (QED) is 0.220. The van der Waals surface area contributed by atoms with Gasteiger partial charge in [0.15, 0.2) is 5.13 Å². The SMILES string of the molecule is C1=C(c2ccccc2)C2Sc3ccccc3C2c2sc(-n3c4ccccc4c4cc5ccccc5cc43)nc21. The van der Waals surface area contributed by atoms with Crippen LogP contribution in [-0.2, 0) is 0 Å². The second-order valence-corrected chi connectivity index (χ2v) is 12.5. The molecule has 0 bridgehead atoms. The molecule has 1 aliphatic carbocycles. The van der Waals surface area contributed by atoms with Crippen molar-refractivity contribution in [3.8, 4) is 5.13 Å². The number of hydrogen-bond acceptors (Lipinski definition) is 3. The summed E-state index contributed by atoms with van der Waals surface area (Å²) >= 11 is 3.86. The fourth-order valence-electron chi connectivity index (χ4n) is 6.46. The van der Waals surface area contributed by atoms with E-state index in [1.807, 2.05) is 23.1 Å². The molecule has 0 spiro atoms. The first-order valence-corrected chi connectivity index (χ1v) is 15.0. The molecule has 1 aliphatic heterocycles. The van der Waals surface area contributed by atoms with Crippen molar-refractivity contribution in [2.45, 2.75) is 16.1 Å². The van der Waals surface area contributed by atoms with Crippen LogP contribution in [0.2, 0.25) is 0 Å². The van der Waals surface area contributed by atoms with Gasteiger partial charge in [0.05, 0.1) is 16.7 Å². The topological polar surface area (TPSA) is 17.8 Å². The molecule has 2 nitrogen and oxygen atoms in total. The number of aromatic nitrogens is 2. The minimum Gasteiger partial charge on any atom is -0.285 e. The van der Waals surface area contributed by atoms with Crippen LogP contribution in [0.5, 0.6) is 0 Å². The molecule has 0 amide bonds. The lowest BCUT2D eigenvalue weighted by molar-refractivity contribution is 0.869. The van der Waals surface area contributed by atoms with Gasteiger partial charge in [-0.3, -0.25) is 4.57 Å². The molecule has 2 aliphatic rings. The number of fused-ring (bicyclic) bond motifs is 9. The minimum absolute atomic E-state index is 0.307. The van der Waals surface area contributed by atoms with Gasteiger partial charge in [-0.25, -0.2) is 4.98 Å². The van der Waals surface area contributed by atoms with Crippen molar-refractivity contribution in [3.05, 3.63) is 137 Å². The van der Waals surface area contributed by atoms with Gasteiger partial charge < -0.3 is 0 Å². The van der Waals surface area contributed by atoms with Gasteiger partial charge in [0, 0.05) is 31.7 Å². The van der Waals surface area contributed by atoms with E-state index >= 15 is 0 Å². The molecular weight excluding hydrogens is 513 g/mol. The van der Waals surface area contributed by atoms with E-state index in [2.05, 4.69) is 126 Å². The van der Waals surface area contributed by atoms with E-state index in [1.54, 1.807) is 0 Å². The maximum absolute atomic E-state index is 5.38. The number of thiazole rings is 1. The highest BCUT2D eigenvalue weighted by Gasteiger charge is 2.42. The van der Waals surface area contributed by atoms with Gasteiger partial charge in [-0.05, 0) is 57.8 Å². The van der Waals surface area contributed by atoms with E-state index < -0.39 is 0 Å². The summed E-state index contributed by atoms with van der Waals surface area (Å²) < 4.78 is 2.39. The Morgan fingerprint density at radius 1 is 0.667 bits per heavy atom. The molecule has 7 aromatic rings. The summed E-state index contributed by atoms with van der Waals surface area (Å²) in [5.41, 5.74) is 7.62. The van der Waals surface area contributed by atoms with Crippen LogP contribution in [0.15, 0.2) is 120 Å². The molecule has 2 atom stereocenters. The molecule has 0 saturated carbocycles. The zero-order valence-corrected chi connectivity index (χ0v) is 22.5. The van der Waals surface area contributed by atoms with E-state index in [0.717, 1.165) is 10.8 Å². The summed E-state index contributed by atoms with van der Waals surface area (Å²) in [7, 11) is 0. The summed E-state index contributed by atoms with van der Waals surface area (Å²) in [5.74, 6) is 0.307. The zero-order chi connectivity index (χ0) is 25.5. The van der Waals surface area contributed by atoms with Gasteiger partial charge >= 0.3 is 0 Å². The van der Waals surface area contributed by atoms with Crippen LogP contribution < -0.4 is 0 Å². The molecule has 2 unspecified atom stereocenters. The van der Waals surface area contributed by atoms with Gasteiger partial charge in [-0.15, -0.1) is 11.8 Å². The summed E-state index contributed by atoms with van der Waals surface area (Å²) in [6.45, 7) is 0. The normalized spacial score (nSPS) is 17.8. The Morgan fingerprint density at radius 3 is 2.31 bits per heavy atom. The summed E-state index contributed by atoms with van der Waals surface area (Å²) in [5, 5.41) is 6.46. The van der Waals surface area contributed by atoms with E-state index in [4.69, 9.17) is 4.98 Å². The summed E-state index contributed by atoms with van der Waals surface area (Å²) in [4.78, 5) is 8.14. The van der Waals surface area contributed by atoms with Crippen molar-refractivity contribution in [1.82, 2.24) is 9.55 Å². The third-order valence-corrected chi connectivity index (χ3v) is 10.7. The van der Waals surface area contributed by atoms with Crippen LogP contribution in [0.25, 0.3) is 49.4 Å². The molecule has 184 valence electrons. The number of rotatable bonds is 2. The first kappa shape index (κ1) is 21.8. The van der Waals surface area contributed by atoms with Gasteiger partial charge in [-0.2, -0.15) is 0 Å². The highest BCUT2D eigenvalue weighted by Crippen LogP contribution is 2.58. The zero-order valence-electron chi connectivity index (χ0n) is 20.9. The molecule has 0 radical (unpaired) electrons. The Kier molecular flexibility index (Phi) is 4.57. The first-order chi connectivity index (χ1) is 19.3. The monoisotopic (exact) mass is 534 g/mol. The number of hydrogen-bond donors (Lipinski definition) is 0. The van der Waals surface area contributed by atoms with Gasteiger partial charge in [0.25, 0.3) is 0 Å². The molecule has 0 saturated heterocycles. The Bertz CT molecular complexity index is 2120. The average molecular weight is 535 g/mol. The Labute approximate surface area is 234 Å². The van der Waals surface area contributed by atoms with Crippen molar-refractivity contribution >= 4 is 67.3 Å². The maximum atomic E-state index is 5.38. The highest BCUT2D eigenvalue weighted by molar-refractivity contribution is 8.00. The van der Waals surface area contributed by atoms with E-state index in [1.165, 1.54) is 59.1 Å². The highest BCUT2D eigenvalue weighted by atomic mass is 32.2. The summed E-state index contributed by atoms with van der Waals surface area (Å²) in [6.07, 6.45) is 2.36. The average Bonchev–Trinajstić information content (AvgIpc) is 3.67. The van der Waals surface area contributed by atoms with Gasteiger partial charge in [-0.1, -0.05) is 102 Å². The third-order valence-electron chi connectivity index (χ3n) is 8.20. The van der Waals surface area contributed by atoms with Crippen LogP contribution in [0.1, 0.15) is 27.6 Å². The largest absolute Gasteiger partial charge is 0.285 e. The number of nitrogens with zero attached hydrogens (tertiary/aromatic N) is 2. The lowest BCUT2D eigenvalue weighted by Crippen LogP contribution is -2.17. The van der Waals surface area contributed by atoms with Crippen molar-refractivity contribution in [1.29, 1.82) is 0 Å². The van der Waals surface area contributed by atoms with Crippen LogP contribution in [0.4, 0.5) is 0 Å². The molecule has 3 heterocycles. The van der Waals surface area contributed by atoms with Crippen LogP contribution >= 0.6 is 23.1 Å². The number of benzene rings is 5. The Balaban J connectivity index is 1.33. The van der Waals surface area contributed by atoms with Gasteiger partial charge in [0.1, 0.15) is 0 Å². The Morgan fingerprint density at radius 2 is 1.41 bits per heavy atom. The molecule has 39 heavy (non-hydrogen) atoms. The lowest BCUT2D eigenvalue weighted by Gasteiger charge is -2.26. The standard InChI is InChI=1S/C35H22N2S2/c1-2-10-21(11-3-1)26-20-28-34(32-25-15-7-9-17-31(25)38-33(26)32)39-35(36-28)37-29-16-8-6-14-24(29)27-18-22-12-4-5-13-23(22)19-30(27)37/h1-20,32-33H. The third kappa shape index (κ3) is 3.13. The van der Waals surface area contributed by atoms with E-state index in [9.17, 15) is 0 Å².